The van der Waals surface area contributed by atoms with Gasteiger partial charge in [0.15, 0.2) is 0 Å². The number of nitrogens with zero attached hydrogens (tertiary/aromatic N) is 1. The molecule has 0 spiro atoms. The van der Waals surface area contributed by atoms with E-state index in [4.69, 9.17) is 9.47 Å². The van der Waals surface area contributed by atoms with Crippen molar-refractivity contribution in [2.45, 2.75) is 12.0 Å². The van der Waals surface area contributed by atoms with E-state index >= 15 is 0 Å². The smallest absolute Gasteiger partial charge is 0.110 e. The molecule has 5 heteroatoms. The lowest BCUT2D eigenvalue weighted by molar-refractivity contribution is -0.00620. The highest BCUT2D eigenvalue weighted by molar-refractivity contribution is 9.10. The summed E-state index contributed by atoms with van der Waals surface area (Å²) in [5, 5.41) is 3.32. The molecule has 2 heterocycles. The predicted octanol–water partition coefficient (Wildman–Crippen LogP) is 2.06. The van der Waals surface area contributed by atoms with Crippen molar-refractivity contribution in [3.05, 3.63) is 22.9 Å². The second kappa shape index (κ2) is 5.12. The second-order valence-electron chi connectivity index (χ2n) is 3.94. The summed E-state index contributed by atoms with van der Waals surface area (Å²) in [6.07, 6.45) is 4.48. The van der Waals surface area contributed by atoms with Crippen LogP contribution in [0.25, 0.3) is 0 Å². The van der Waals surface area contributed by atoms with Gasteiger partial charge in [-0.05, 0) is 22.0 Å². The summed E-state index contributed by atoms with van der Waals surface area (Å²) in [7, 11) is 1.73. The molecule has 2 rings (SSSR count). The number of nitrogens with one attached hydrogen (secondary N) is 1. The van der Waals surface area contributed by atoms with Gasteiger partial charge in [0.2, 0.25) is 0 Å². The average molecular weight is 287 g/mol. The molecule has 1 saturated heterocycles. The molecule has 1 aromatic heterocycles. The van der Waals surface area contributed by atoms with Crippen LogP contribution < -0.4 is 5.32 Å². The number of aromatic nitrogens is 1. The van der Waals surface area contributed by atoms with Gasteiger partial charge in [-0.15, -0.1) is 0 Å². The van der Waals surface area contributed by atoms with Crippen molar-refractivity contribution in [3.63, 3.8) is 0 Å². The van der Waals surface area contributed by atoms with Crippen LogP contribution in [0.1, 0.15) is 6.42 Å². The third-order valence-electron chi connectivity index (χ3n) is 2.82. The van der Waals surface area contributed by atoms with Crippen LogP contribution in [0.3, 0.4) is 0 Å². The van der Waals surface area contributed by atoms with Gasteiger partial charge in [-0.3, -0.25) is 4.98 Å². The molecule has 0 radical (unpaired) electrons. The molecular formula is C11H15BrN2O2. The zero-order chi connectivity index (χ0) is 11.4. The van der Waals surface area contributed by atoms with E-state index in [9.17, 15) is 0 Å². The van der Waals surface area contributed by atoms with Crippen LogP contribution in [-0.4, -0.2) is 37.5 Å². The maximum atomic E-state index is 5.53. The Morgan fingerprint density at radius 1 is 1.62 bits per heavy atom. The molecule has 0 aliphatic carbocycles. The fourth-order valence-corrected chi connectivity index (χ4v) is 2.10. The average Bonchev–Trinajstić information content (AvgIpc) is 2.76. The number of hydrogen-bond acceptors (Lipinski definition) is 4. The Bertz CT molecular complexity index is 354. The fourth-order valence-electron chi connectivity index (χ4n) is 1.73. The molecule has 1 aliphatic heterocycles. The molecule has 4 nitrogen and oxygen atoms in total. The summed E-state index contributed by atoms with van der Waals surface area (Å²) in [6.45, 7) is 2.16. The van der Waals surface area contributed by atoms with Gasteiger partial charge < -0.3 is 14.8 Å². The van der Waals surface area contributed by atoms with Crippen LogP contribution in [0, 0.1) is 0 Å². The lowest BCUT2D eigenvalue weighted by Crippen LogP contribution is -2.39. The highest BCUT2D eigenvalue weighted by Gasteiger charge is 2.34. The lowest BCUT2D eigenvalue weighted by atomic mass is 10.0. The zero-order valence-corrected chi connectivity index (χ0v) is 10.8. The van der Waals surface area contributed by atoms with E-state index in [1.165, 1.54) is 0 Å². The molecule has 1 N–H and O–H groups in total. The third kappa shape index (κ3) is 2.72. The van der Waals surface area contributed by atoms with Crippen LogP contribution >= 0.6 is 15.9 Å². The first-order valence-corrected chi connectivity index (χ1v) is 6.01. The van der Waals surface area contributed by atoms with E-state index in [2.05, 4.69) is 26.2 Å². The van der Waals surface area contributed by atoms with E-state index in [1.807, 2.05) is 6.07 Å². The standard InChI is InChI=1S/C11H15BrN2O2/c1-15-11(2-3-16-8-11)7-14-10-4-9(12)5-13-6-10/h4-6,14H,2-3,7-8H2,1H3. The van der Waals surface area contributed by atoms with Gasteiger partial charge in [-0.1, -0.05) is 0 Å². The molecule has 1 atom stereocenters. The van der Waals surface area contributed by atoms with E-state index < -0.39 is 0 Å². The Hall–Kier alpha value is -0.650. The van der Waals surface area contributed by atoms with Crippen LogP contribution in [0.15, 0.2) is 22.9 Å². The van der Waals surface area contributed by atoms with Gasteiger partial charge in [0.25, 0.3) is 0 Å². The Morgan fingerprint density at radius 3 is 3.12 bits per heavy atom. The molecular weight excluding hydrogens is 272 g/mol. The normalized spacial score (nSPS) is 24.6. The van der Waals surface area contributed by atoms with E-state index in [-0.39, 0.29) is 5.60 Å². The van der Waals surface area contributed by atoms with Crippen molar-refractivity contribution in [2.24, 2.45) is 0 Å². The second-order valence-corrected chi connectivity index (χ2v) is 4.85. The van der Waals surface area contributed by atoms with Crippen molar-refractivity contribution in [2.75, 3.05) is 32.2 Å². The Labute approximate surface area is 103 Å². The van der Waals surface area contributed by atoms with Crippen LogP contribution in [0.2, 0.25) is 0 Å². The molecule has 0 aromatic carbocycles. The monoisotopic (exact) mass is 286 g/mol. The highest BCUT2D eigenvalue weighted by atomic mass is 79.9. The minimum absolute atomic E-state index is 0.192. The van der Waals surface area contributed by atoms with E-state index in [0.717, 1.165) is 29.7 Å². The summed E-state index contributed by atoms with van der Waals surface area (Å²) in [4.78, 5) is 4.10. The summed E-state index contributed by atoms with van der Waals surface area (Å²) in [5.41, 5.74) is 0.792. The van der Waals surface area contributed by atoms with Gasteiger partial charge in [0, 0.05) is 37.4 Å². The van der Waals surface area contributed by atoms with Crippen LogP contribution in [-0.2, 0) is 9.47 Å². The van der Waals surface area contributed by atoms with Crippen LogP contribution in [0.4, 0.5) is 5.69 Å². The Balaban J connectivity index is 1.95. The Morgan fingerprint density at radius 2 is 2.50 bits per heavy atom. The summed E-state index contributed by atoms with van der Waals surface area (Å²) < 4.78 is 11.9. The summed E-state index contributed by atoms with van der Waals surface area (Å²) in [5.74, 6) is 0. The molecule has 16 heavy (non-hydrogen) atoms. The Kier molecular flexibility index (Phi) is 3.78. The molecule has 0 amide bonds. The number of rotatable bonds is 4. The minimum atomic E-state index is -0.192. The quantitative estimate of drug-likeness (QED) is 0.920. The maximum absolute atomic E-state index is 5.53. The highest BCUT2D eigenvalue weighted by Crippen LogP contribution is 2.23. The number of pyridine rings is 1. The topological polar surface area (TPSA) is 43.4 Å². The van der Waals surface area contributed by atoms with Crippen molar-refractivity contribution in [3.8, 4) is 0 Å². The number of ether oxygens (including phenoxy) is 2. The van der Waals surface area contributed by atoms with Crippen molar-refractivity contribution >= 4 is 21.6 Å². The van der Waals surface area contributed by atoms with E-state index in [0.29, 0.717) is 6.61 Å². The number of halogens is 1. The molecule has 1 unspecified atom stereocenters. The van der Waals surface area contributed by atoms with Gasteiger partial charge in [-0.2, -0.15) is 0 Å². The van der Waals surface area contributed by atoms with Crippen molar-refractivity contribution in [1.82, 2.24) is 4.98 Å². The van der Waals surface area contributed by atoms with Gasteiger partial charge in [0.05, 0.1) is 18.5 Å². The first kappa shape index (κ1) is 11.8. The van der Waals surface area contributed by atoms with Crippen LogP contribution in [0.5, 0.6) is 0 Å². The molecule has 88 valence electrons. The van der Waals surface area contributed by atoms with E-state index in [1.54, 1.807) is 19.5 Å². The van der Waals surface area contributed by atoms with Gasteiger partial charge in [-0.25, -0.2) is 0 Å². The summed E-state index contributed by atoms with van der Waals surface area (Å²) in [6, 6.07) is 1.99. The number of methoxy groups -OCH3 is 1. The number of anilines is 1. The molecule has 1 fully saturated rings. The predicted molar refractivity (Wildman–Crippen MR) is 65.6 cm³/mol. The fraction of sp³-hybridized carbons (Fsp3) is 0.545. The molecule has 1 aliphatic rings. The van der Waals surface area contributed by atoms with Crippen molar-refractivity contribution in [1.29, 1.82) is 0 Å². The third-order valence-corrected chi connectivity index (χ3v) is 3.25. The first-order valence-electron chi connectivity index (χ1n) is 5.21. The lowest BCUT2D eigenvalue weighted by Gasteiger charge is -2.26. The molecule has 1 aromatic rings. The molecule has 0 bridgehead atoms. The van der Waals surface area contributed by atoms with Crippen molar-refractivity contribution < 1.29 is 9.47 Å². The largest absolute Gasteiger partial charge is 0.381 e. The zero-order valence-electron chi connectivity index (χ0n) is 9.20. The van der Waals surface area contributed by atoms with Gasteiger partial charge in [0.1, 0.15) is 5.60 Å². The maximum Gasteiger partial charge on any atom is 0.110 e. The SMILES string of the molecule is COC1(CNc2cncc(Br)c2)CCOC1. The molecule has 0 saturated carbocycles. The minimum Gasteiger partial charge on any atom is -0.381 e. The van der Waals surface area contributed by atoms with Gasteiger partial charge >= 0.3 is 0 Å². The summed E-state index contributed by atoms with van der Waals surface area (Å²) >= 11 is 3.39. The number of hydrogen-bond donors (Lipinski definition) is 1. The first-order chi connectivity index (χ1) is 7.74.